The van der Waals surface area contributed by atoms with Crippen molar-refractivity contribution in [2.24, 2.45) is 0 Å². The van der Waals surface area contributed by atoms with E-state index < -0.39 is 35.9 Å². The molecule has 0 aliphatic heterocycles. The number of nitrogens with one attached hydrogen (secondary N) is 1. The van der Waals surface area contributed by atoms with Crippen molar-refractivity contribution < 1.29 is 32.0 Å². The predicted octanol–water partition coefficient (Wildman–Crippen LogP) is 4.46. The van der Waals surface area contributed by atoms with Gasteiger partial charge in [0, 0.05) is 5.56 Å². The van der Waals surface area contributed by atoms with Crippen molar-refractivity contribution in [2.45, 2.75) is 13.1 Å². The number of hydrogen-bond acceptors (Lipinski definition) is 5. The third-order valence-electron chi connectivity index (χ3n) is 3.95. The number of anilines is 1. The van der Waals surface area contributed by atoms with Gasteiger partial charge in [0.05, 0.1) is 11.3 Å². The first-order valence-corrected chi connectivity index (χ1v) is 8.42. The second-order valence-corrected chi connectivity index (χ2v) is 6.00. The monoisotopic (exact) mass is 404 g/mol. The third-order valence-corrected chi connectivity index (χ3v) is 3.95. The smallest absolute Gasteiger partial charge is 0.418 e. The molecule has 0 radical (unpaired) electrons. The van der Waals surface area contributed by atoms with E-state index in [1.807, 2.05) is 0 Å². The van der Waals surface area contributed by atoms with Gasteiger partial charge in [0.2, 0.25) is 0 Å². The number of benzene rings is 2. The summed E-state index contributed by atoms with van der Waals surface area (Å²) in [7, 11) is 0. The highest BCUT2D eigenvalue weighted by Crippen LogP contribution is 2.34. The molecule has 0 aliphatic rings. The van der Waals surface area contributed by atoms with E-state index in [0.717, 1.165) is 12.1 Å². The van der Waals surface area contributed by atoms with Gasteiger partial charge in [0.15, 0.2) is 6.61 Å². The van der Waals surface area contributed by atoms with E-state index in [1.165, 1.54) is 19.1 Å². The molecule has 150 valence electrons. The van der Waals surface area contributed by atoms with Crippen molar-refractivity contribution in [3.63, 3.8) is 0 Å². The van der Waals surface area contributed by atoms with Gasteiger partial charge in [-0.25, -0.2) is 4.79 Å². The SMILES string of the molecule is Cc1onc(-c2ccccc2)c1C(=O)OCC(=O)Nc1ccccc1C(F)(F)F. The third kappa shape index (κ3) is 4.63. The second kappa shape index (κ2) is 8.17. The first-order chi connectivity index (χ1) is 13.8. The number of aryl methyl sites for hydroxylation is 1. The molecule has 0 fully saturated rings. The van der Waals surface area contributed by atoms with Gasteiger partial charge in [-0.05, 0) is 19.1 Å². The number of para-hydroxylation sites is 1. The van der Waals surface area contributed by atoms with Gasteiger partial charge in [-0.2, -0.15) is 13.2 Å². The molecule has 0 spiro atoms. The number of hydrogen-bond donors (Lipinski definition) is 1. The van der Waals surface area contributed by atoms with Gasteiger partial charge in [-0.1, -0.05) is 47.6 Å². The van der Waals surface area contributed by atoms with Crippen LogP contribution in [0.15, 0.2) is 59.1 Å². The van der Waals surface area contributed by atoms with Crippen LogP contribution in [0.5, 0.6) is 0 Å². The molecule has 29 heavy (non-hydrogen) atoms. The molecule has 1 aromatic heterocycles. The van der Waals surface area contributed by atoms with E-state index in [2.05, 4.69) is 10.5 Å². The number of amides is 1. The quantitative estimate of drug-likeness (QED) is 0.635. The minimum absolute atomic E-state index is 0.0414. The number of halogens is 3. The summed E-state index contributed by atoms with van der Waals surface area (Å²) >= 11 is 0. The average molecular weight is 404 g/mol. The summed E-state index contributed by atoms with van der Waals surface area (Å²) in [6.07, 6.45) is -4.63. The second-order valence-electron chi connectivity index (χ2n) is 6.00. The van der Waals surface area contributed by atoms with Crippen LogP contribution in [0, 0.1) is 6.92 Å². The maximum atomic E-state index is 13.0. The summed E-state index contributed by atoms with van der Waals surface area (Å²) in [5, 5.41) is 5.94. The number of ether oxygens (including phenoxy) is 1. The molecule has 1 N–H and O–H groups in total. The van der Waals surface area contributed by atoms with Crippen LogP contribution in [0.4, 0.5) is 18.9 Å². The molecule has 0 bridgehead atoms. The molecule has 0 saturated heterocycles. The maximum Gasteiger partial charge on any atom is 0.418 e. The van der Waals surface area contributed by atoms with Crippen LogP contribution in [0.25, 0.3) is 11.3 Å². The molecular formula is C20H15F3N2O4. The predicted molar refractivity (Wildman–Crippen MR) is 97.0 cm³/mol. The Labute approximate surface area is 163 Å². The summed E-state index contributed by atoms with van der Waals surface area (Å²) in [5.74, 6) is -1.59. The molecule has 0 unspecified atom stereocenters. The zero-order chi connectivity index (χ0) is 21.0. The number of rotatable bonds is 5. The fraction of sp³-hybridized carbons (Fsp3) is 0.150. The van der Waals surface area contributed by atoms with Crippen LogP contribution in [-0.4, -0.2) is 23.6 Å². The highest BCUT2D eigenvalue weighted by molar-refractivity contribution is 5.99. The molecular weight excluding hydrogens is 389 g/mol. The van der Waals surface area contributed by atoms with Gasteiger partial charge < -0.3 is 14.6 Å². The van der Waals surface area contributed by atoms with Gasteiger partial charge in [-0.15, -0.1) is 0 Å². The van der Waals surface area contributed by atoms with Crippen LogP contribution in [-0.2, 0) is 15.7 Å². The molecule has 0 atom stereocenters. The normalized spacial score (nSPS) is 11.2. The Balaban J connectivity index is 1.70. The molecule has 2 aromatic carbocycles. The number of alkyl halides is 3. The van der Waals surface area contributed by atoms with Gasteiger partial charge in [0.1, 0.15) is 17.0 Å². The lowest BCUT2D eigenvalue weighted by molar-refractivity contribution is -0.137. The van der Waals surface area contributed by atoms with Gasteiger partial charge >= 0.3 is 12.1 Å². The Hall–Kier alpha value is -3.62. The topological polar surface area (TPSA) is 81.4 Å². The van der Waals surface area contributed by atoms with E-state index >= 15 is 0 Å². The Morgan fingerprint density at radius 3 is 2.41 bits per heavy atom. The highest BCUT2D eigenvalue weighted by atomic mass is 19.4. The van der Waals surface area contributed by atoms with Crippen LogP contribution in [0.1, 0.15) is 21.7 Å². The Kier molecular flexibility index (Phi) is 5.67. The summed E-state index contributed by atoms with van der Waals surface area (Å²) in [6, 6.07) is 13.2. The van der Waals surface area contributed by atoms with Crippen LogP contribution in [0.2, 0.25) is 0 Å². The zero-order valence-corrected chi connectivity index (χ0v) is 15.1. The lowest BCUT2D eigenvalue weighted by atomic mass is 10.1. The number of nitrogens with zero attached hydrogens (tertiary/aromatic N) is 1. The fourth-order valence-electron chi connectivity index (χ4n) is 2.63. The zero-order valence-electron chi connectivity index (χ0n) is 15.1. The summed E-state index contributed by atoms with van der Waals surface area (Å²) in [6.45, 7) is 0.736. The molecule has 0 saturated carbocycles. The molecule has 3 aromatic rings. The largest absolute Gasteiger partial charge is 0.452 e. The Bertz CT molecular complexity index is 1030. The molecule has 0 aliphatic carbocycles. The maximum absolute atomic E-state index is 13.0. The van der Waals surface area contributed by atoms with Crippen LogP contribution >= 0.6 is 0 Å². The molecule has 9 heteroatoms. The van der Waals surface area contributed by atoms with Crippen LogP contribution in [0.3, 0.4) is 0 Å². The van der Waals surface area contributed by atoms with Gasteiger partial charge in [0.25, 0.3) is 5.91 Å². The van der Waals surface area contributed by atoms with Crippen molar-refractivity contribution in [1.29, 1.82) is 0 Å². The lowest BCUT2D eigenvalue weighted by Gasteiger charge is -2.13. The summed E-state index contributed by atoms with van der Waals surface area (Å²) in [5.41, 5.74) is -0.524. The molecule has 6 nitrogen and oxygen atoms in total. The van der Waals surface area contributed by atoms with Crippen molar-refractivity contribution in [2.75, 3.05) is 11.9 Å². The molecule has 3 rings (SSSR count). The van der Waals surface area contributed by atoms with Crippen molar-refractivity contribution in [3.05, 3.63) is 71.5 Å². The van der Waals surface area contributed by atoms with E-state index in [1.54, 1.807) is 30.3 Å². The number of carbonyl (C=O) groups excluding carboxylic acids is 2. The first-order valence-electron chi connectivity index (χ1n) is 8.42. The first kappa shape index (κ1) is 20.1. The fourth-order valence-corrected chi connectivity index (χ4v) is 2.63. The van der Waals surface area contributed by atoms with Gasteiger partial charge in [-0.3, -0.25) is 4.79 Å². The Morgan fingerprint density at radius 2 is 1.72 bits per heavy atom. The van der Waals surface area contributed by atoms with Crippen molar-refractivity contribution in [1.82, 2.24) is 5.16 Å². The van der Waals surface area contributed by atoms with E-state index in [0.29, 0.717) is 5.56 Å². The average Bonchev–Trinajstić information content (AvgIpc) is 3.08. The molecule has 1 amide bonds. The minimum Gasteiger partial charge on any atom is -0.452 e. The standard InChI is InChI=1S/C20H15F3N2O4/c1-12-17(18(25-29-12)13-7-3-2-4-8-13)19(27)28-11-16(26)24-15-10-6-5-9-14(15)20(21,22)23/h2-10H,11H2,1H3,(H,24,26). The van der Waals surface area contributed by atoms with E-state index in [4.69, 9.17) is 9.26 Å². The lowest BCUT2D eigenvalue weighted by Crippen LogP contribution is -2.23. The van der Waals surface area contributed by atoms with E-state index in [-0.39, 0.29) is 17.0 Å². The minimum atomic E-state index is -4.63. The van der Waals surface area contributed by atoms with Crippen molar-refractivity contribution in [3.8, 4) is 11.3 Å². The number of carbonyl (C=O) groups is 2. The summed E-state index contributed by atoms with van der Waals surface area (Å²) < 4.78 is 49.0. The molecule has 1 heterocycles. The summed E-state index contributed by atoms with van der Waals surface area (Å²) in [4.78, 5) is 24.4. The Morgan fingerprint density at radius 1 is 1.07 bits per heavy atom. The van der Waals surface area contributed by atoms with Crippen LogP contribution < -0.4 is 5.32 Å². The number of aromatic nitrogens is 1. The van der Waals surface area contributed by atoms with Crippen molar-refractivity contribution >= 4 is 17.6 Å². The highest BCUT2D eigenvalue weighted by Gasteiger charge is 2.33. The van der Waals surface area contributed by atoms with E-state index in [9.17, 15) is 22.8 Å². The number of esters is 1.